The number of aromatic nitrogens is 1. The first kappa shape index (κ1) is 16.6. The SMILES string of the molecule is Cc1occc1C(=O)N1C[C@@H]2COC[C@@]2(COc2ccc(C#N)cn2)C1. The summed E-state index contributed by atoms with van der Waals surface area (Å²) in [4.78, 5) is 18.8. The fourth-order valence-electron chi connectivity index (χ4n) is 3.72. The number of fused-ring (bicyclic) bond motifs is 1. The summed E-state index contributed by atoms with van der Waals surface area (Å²) >= 11 is 0. The third-order valence-corrected chi connectivity index (χ3v) is 5.27. The summed E-state index contributed by atoms with van der Waals surface area (Å²) < 4.78 is 16.8. The van der Waals surface area contributed by atoms with Crippen LogP contribution in [0.25, 0.3) is 0 Å². The quantitative estimate of drug-likeness (QED) is 0.835. The van der Waals surface area contributed by atoms with E-state index in [1.54, 1.807) is 25.1 Å². The summed E-state index contributed by atoms with van der Waals surface area (Å²) in [5.41, 5.74) is 0.865. The maximum atomic E-state index is 12.8. The third-order valence-electron chi connectivity index (χ3n) is 5.27. The largest absolute Gasteiger partial charge is 0.477 e. The molecule has 26 heavy (non-hydrogen) atoms. The number of hydrogen-bond donors (Lipinski definition) is 0. The fraction of sp³-hybridized carbons (Fsp3) is 0.421. The van der Waals surface area contributed by atoms with E-state index in [0.717, 1.165) is 0 Å². The number of furan rings is 1. The highest BCUT2D eigenvalue weighted by atomic mass is 16.5. The number of amides is 1. The summed E-state index contributed by atoms with van der Waals surface area (Å²) in [7, 11) is 0. The van der Waals surface area contributed by atoms with E-state index in [2.05, 4.69) is 4.98 Å². The van der Waals surface area contributed by atoms with Crippen molar-refractivity contribution in [3.63, 3.8) is 0 Å². The molecule has 0 aromatic carbocycles. The molecule has 0 N–H and O–H groups in total. The molecule has 2 aromatic rings. The van der Waals surface area contributed by atoms with E-state index in [9.17, 15) is 4.79 Å². The number of likely N-dealkylation sites (tertiary alicyclic amines) is 1. The Labute approximate surface area is 151 Å². The number of hydrogen-bond acceptors (Lipinski definition) is 6. The van der Waals surface area contributed by atoms with Gasteiger partial charge in [0, 0.05) is 31.3 Å². The highest BCUT2D eigenvalue weighted by Crippen LogP contribution is 2.42. The molecule has 0 radical (unpaired) electrons. The Morgan fingerprint density at radius 3 is 3.08 bits per heavy atom. The van der Waals surface area contributed by atoms with Crippen molar-refractivity contribution >= 4 is 5.91 Å². The molecule has 0 spiro atoms. The van der Waals surface area contributed by atoms with E-state index in [4.69, 9.17) is 19.2 Å². The number of aryl methyl sites for hydroxylation is 1. The molecule has 0 bridgehead atoms. The van der Waals surface area contributed by atoms with Crippen molar-refractivity contribution < 1.29 is 18.7 Å². The van der Waals surface area contributed by atoms with Crippen molar-refractivity contribution in [2.75, 3.05) is 32.9 Å². The second-order valence-corrected chi connectivity index (χ2v) is 6.94. The molecule has 2 fully saturated rings. The first-order chi connectivity index (χ1) is 12.6. The maximum Gasteiger partial charge on any atom is 0.257 e. The molecule has 2 aliphatic heterocycles. The molecule has 1 amide bonds. The lowest BCUT2D eigenvalue weighted by Crippen LogP contribution is -2.38. The average molecular weight is 353 g/mol. The number of ether oxygens (including phenoxy) is 2. The molecule has 0 saturated carbocycles. The second kappa shape index (κ2) is 6.46. The Hall–Kier alpha value is -2.85. The lowest BCUT2D eigenvalue weighted by molar-refractivity contribution is 0.0654. The zero-order chi connectivity index (χ0) is 18.1. The molecule has 4 heterocycles. The van der Waals surface area contributed by atoms with Gasteiger partial charge in [0.15, 0.2) is 0 Å². The molecule has 0 unspecified atom stereocenters. The predicted octanol–water partition coefficient (Wildman–Crippen LogP) is 2.02. The minimum absolute atomic E-state index is 0.0125. The van der Waals surface area contributed by atoms with Crippen molar-refractivity contribution in [3.8, 4) is 11.9 Å². The molecule has 7 nitrogen and oxygen atoms in total. The third kappa shape index (κ3) is 2.82. The lowest BCUT2D eigenvalue weighted by Gasteiger charge is -2.26. The number of carbonyl (C=O) groups excluding carboxylic acids is 1. The first-order valence-electron chi connectivity index (χ1n) is 8.51. The van der Waals surface area contributed by atoms with Gasteiger partial charge in [0.05, 0.1) is 42.6 Å². The predicted molar refractivity (Wildman–Crippen MR) is 90.5 cm³/mol. The molecular formula is C19H19N3O4. The minimum atomic E-state index is -0.233. The van der Waals surface area contributed by atoms with Gasteiger partial charge < -0.3 is 18.8 Å². The van der Waals surface area contributed by atoms with Gasteiger partial charge in [-0.15, -0.1) is 0 Å². The van der Waals surface area contributed by atoms with Gasteiger partial charge in [0.1, 0.15) is 11.8 Å². The molecule has 0 aliphatic carbocycles. The second-order valence-electron chi connectivity index (χ2n) is 6.94. The number of pyridine rings is 1. The minimum Gasteiger partial charge on any atom is -0.477 e. The molecule has 134 valence electrons. The monoisotopic (exact) mass is 353 g/mol. The van der Waals surface area contributed by atoms with E-state index < -0.39 is 0 Å². The number of carbonyl (C=O) groups is 1. The summed E-state index contributed by atoms with van der Waals surface area (Å²) in [6.07, 6.45) is 3.03. The van der Waals surface area contributed by atoms with E-state index in [1.807, 2.05) is 11.0 Å². The Kier molecular flexibility index (Phi) is 4.13. The summed E-state index contributed by atoms with van der Waals surface area (Å²) in [6.45, 7) is 4.62. The van der Waals surface area contributed by atoms with Crippen LogP contribution in [-0.2, 0) is 4.74 Å². The van der Waals surface area contributed by atoms with Gasteiger partial charge in [0.25, 0.3) is 5.91 Å². The van der Waals surface area contributed by atoms with E-state index >= 15 is 0 Å². The Morgan fingerprint density at radius 1 is 1.50 bits per heavy atom. The van der Waals surface area contributed by atoms with Crippen molar-refractivity contribution in [3.05, 3.63) is 47.5 Å². The summed E-state index contributed by atoms with van der Waals surface area (Å²) in [6, 6.07) is 7.11. The summed E-state index contributed by atoms with van der Waals surface area (Å²) in [5, 5.41) is 8.84. The molecule has 4 rings (SSSR count). The van der Waals surface area contributed by atoms with Gasteiger partial charge >= 0.3 is 0 Å². The number of nitrogens with zero attached hydrogens (tertiary/aromatic N) is 3. The van der Waals surface area contributed by atoms with Gasteiger partial charge in [-0.3, -0.25) is 4.79 Å². The molecule has 7 heteroatoms. The summed E-state index contributed by atoms with van der Waals surface area (Å²) in [5.74, 6) is 1.33. The van der Waals surface area contributed by atoms with Crippen molar-refractivity contribution in [2.24, 2.45) is 11.3 Å². The Bertz CT molecular complexity index is 854. The highest BCUT2D eigenvalue weighted by Gasteiger charge is 2.52. The molecule has 2 aliphatic rings. The average Bonchev–Trinajstić information content (AvgIpc) is 3.33. The van der Waals surface area contributed by atoms with E-state index in [1.165, 1.54) is 12.5 Å². The van der Waals surface area contributed by atoms with Crippen LogP contribution in [-0.4, -0.2) is 48.7 Å². The van der Waals surface area contributed by atoms with Gasteiger partial charge in [-0.05, 0) is 19.1 Å². The van der Waals surface area contributed by atoms with Crippen LogP contribution in [0.15, 0.2) is 35.1 Å². The van der Waals surface area contributed by atoms with Gasteiger partial charge in [0.2, 0.25) is 5.88 Å². The fourth-order valence-corrected chi connectivity index (χ4v) is 3.72. The Balaban J connectivity index is 1.47. The van der Waals surface area contributed by atoms with Gasteiger partial charge in [-0.2, -0.15) is 5.26 Å². The topological polar surface area (TPSA) is 88.6 Å². The van der Waals surface area contributed by atoms with Gasteiger partial charge in [-0.1, -0.05) is 0 Å². The van der Waals surface area contributed by atoms with Crippen LogP contribution in [0.3, 0.4) is 0 Å². The number of rotatable bonds is 4. The highest BCUT2D eigenvalue weighted by molar-refractivity contribution is 5.95. The standard InChI is InChI=1S/C19H19N3O4/c1-13-16(4-5-25-13)18(23)22-8-15-9-24-11-19(15,10-22)12-26-17-3-2-14(6-20)7-21-17/h2-5,7,15H,8-12H2,1H3/t15-,19-/m1/s1. The molecule has 2 saturated heterocycles. The van der Waals surface area contributed by atoms with Crippen LogP contribution >= 0.6 is 0 Å². The van der Waals surface area contributed by atoms with Gasteiger partial charge in [-0.25, -0.2) is 4.98 Å². The van der Waals surface area contributed by atoms with Crippen LogP contribution in [0.2, 0.25) is 0 Å². The normalized spacial score (nSPS) is 24.3. The molecule has 2 atom stereocenters. The van der Waals surface area contributed by atoms with Crippen molar-refractivity contribution in [1.29, 1.82) is 5.26 Å². The first-order valence-corrected chi connectivity index (χ1v) is 8.51. The van der Waals surface area contributed by atoms with Crippen LogP contribution in [0.4, 0.5) is 0 Å². The number of nitriles is 1. The maximum absolute atomic E-state index is 12.8. The van der Waals surface area contributed by atoms with Crippen LogP contribution in [0, 0.1) is 29.6 Å². The lowest BCUT2D eigenvalue weighted by atomic mass is 9.82. The van der Waals surface area contributed by atoms with E-state index in [-0.39, 0.29) is 17.2 Å². The van der Waals surface area contributed by atoms with Crippen LogP contribution in [0.1, 0.15) is 21.7 Å². The van der Waals surface area contributed by atoms with Crippen molar-refractivity contribution in [2.45, 2.75) is 6.92 Å². The molecule has 2 aromatic heterocycles. The zero-order valence-electron chi connectivity index (χ0n) is 14.5. The Morgan fingerprint density at radius 2 is 2.38 bits per heavy atom. The van der Waals surface area contributed by atoms with Crippen molar-refractivity contribution in [1.82, 2.24) is 9.88 Å². The van der Waals surface area contributed by atoms with Crippen LogP contribution < -0.4 is 4.74 Å². The van der Waals surface area contributed by atoms with E-state index in [0.29, 0.717) is 55.7 Å². The molecular weight excluding hydrogens is 334 g/mol. The smallest absolute Gasteiger partial charge is 0.257 e. The van der Waals surface area contributed by atoms with Crippen LogP contribution in [0.5, 0.6) is 5.88 Å². The zero-order valence-corrected chi connectivity index (χ0v) is 14.5.